The number of carbonyl (C=O) groups is 1. The average Bonchev–Trinajstić information content (AvgIpc) is 2.88. The largest absolute Gasteiger partial charge is 0.480 e. The number of aryl methyl sites for hydroxylation is 1. The molecule has 1 aliphatic carbocycles. The van der Waals surface area contributed by atoms with Crippen molar-refractivity contribution < 1.29 is 9.90 Å². The molecule has 1 atom stereocenters. The van der Waals surface area contributed by atoms with E-state index < -0.39 is 12.0 Å². The summed E-state index contributed by atoms with van der Waals surface area (Å²) < 4.78 is 1.80. The van der Waals surface area contributed by atoms with Crippen molar-refractivity contribution in [3.8, 4) is 0 Å². The second-order valence-electron chi connectivity index (χ2n) is 4.06. The van der Waals surface area contributed by atoms with Gasteiger partial charge in [-0.25, -0.2) is 0 Å². The summed E-state index contributed by atoms with van der Waals surface area (Å²) in [7, 11) is 0. The number of hydrogen-bond acceptors (Lipinski definition) is 3. The third-order valence-electron chi connectivity index (χ3n) is 3.18. The predicted octanol–water partition coefficient (Wildman–Crippen LogP) is 0.346. The number of carboxylic acid groups (broad SMARTS) is 1. The van der Waals surface area contributed by atoms with Crippen LogP contribution in [0.3, 0.4) is 0 Å². The van der Waals surface area contributed by atoms with E-state index in [1.807, 2.05) is 13.1 Å². The SMILES string of the molecule is CCn1cc(C2(C(N)C(=O)O)CC2)cn1. The van der Waals surface area contributed by atoms with Crippen molar-refractivity contribution in [3.05, 3.63) is 18.0 Å². The lowest BCUT2D eigenvalue weighted by Crippen LogP contribution is -2.41. The minimum absolute atomic E-state index is 0.362. The maximum Gasteiger partial charge on any atom is 0.321 e. The highest BCUT2D eigenvalue weighted by atomic mass is 16.4. The zero-order valence-electron chi connectivity index (χ0n) is 8.68. The van der Waals surface area contributed by atoms with E-state index in [1.165, 1.54) is 0 Å². The van der Waals surface area contributed by atoms with Crippen LogP contribution in [0.15, 0.2) is 12.4 Å². The minimum Gasteiger partial charge on any atom is -0.480 e. The fourth-order valence-corrected chi connectivity index (χ4v) is 1.94. The van der Waals surface area contributed by atoms with Gasteiger partial charge in [-0.2, -0.15) is 5.10 Å². The Morgan fingerprint density at radius 2 is 2.47 bits per heavy atom. The van der Waals surface area contributed by atoms with E-state index in [0.717, 1.165) is 24.9 Å². The van der Waals surface area contributed by atoms with Gasteiger partial charge in [0.2, 0.25) is 0 Å². The summed E-state index contributed by atoms with van der Waals surface area (Å²) in [6.07, 6.45) is 5.32. The summed E-state index contributed by atoms with van der Waals surface area (Å²) in [5.41, 5.74) is 6.30. The number of rotatable bonds is 4. The summed E-state index contributed by atoms with van der Waals surface area (Å²) in [5.74, 6) is -0.934. The highest BCUT2D eigenvalue weighted by Gasteiger charge is 2.53. The predicted molar refractivity (Wildman–Crippen MR) is 54.4 cm³/mol. The zero-order valence-corrected chi connectivity index (χ0v) is 8.68. The lowest BCUT2D eigenvalue weighted by atomic mass is 9.91. The van der Waals surface area contributed by atoms with Crippen molar-refractivity contribution in [3.63, 3.8) is 0 Å². The number of nitrogens with zero attached hydrogens (tertiary/aromatic N) is 2. The van der Waals surface area contributed by atoms with Gasteiger partial charge in [-0.3, -0.25) is 9.48 Å². The molecule has 0 bridgehead atoms. The minimum atomic E-state index is -0.934. The molecule has 1 aromatic rings. The van der Waals surface area contributed by atoms with E-state index in [2.05, 4.69) is 5.10 Å². The molecule has 1 aliphatic rings. The molecule has 1 saturated carbocycles. The van der Waals surface area contributed by atoms with Gasteiger partial charge in [0, 0.05) is 18.2 Å². The van der Waals surface area contributed by atoms with Gasteiger partial charge in [-0.15, -0.1) is 0 Å². The van der Waals surface area contributed by atoms with Gasteiger partial charge in [0.25, 0.3) is 0 Å². The van der Waals surface area contributed by atoms with Crippen LogP contribution < -0.4 is 5.73 Å². The molecule has 0 aliphatic heterocycles. The van der Waals surface area contributed by atoms with Gasteiger partial charge < -0.3 is 10.8 Å². The first-order valence-corrected chi connectivity index (χ1v) is 5.11. The first-order chi connectivity index (χ1) is 7.10. The Hall–Kier alpha value is -1.36. The molecule has 3 N–H and O–H groups in total. The molecule has 2 rings (SSSR count). The molecule has 15 heavy (non-hydrogen) atoms. The Balaban J connectivity index is 2.26. The van der Waals surface area contributed by atoms with Gasteiger partial charge >= 0.3 is 5.97 Å². The summed E-state index contributed by atoms with van der Waals surface area (Å²) in [6.45, 7) is 2.78. The van der Waals surface area contributed by atoms with Crippen molar-refractivity contribution in [2.45, 2.75) is 37.8 Å². The summed E-state index contributed by atoms with van der Waals surface area (Å²) in [5, 5.41) is 13.1. The summed E-state index contributed by atoms with van der Waals surface area (Å²) in [6, 6.07) is -0.813. The number of carboxylic acids is 1. The van der Waals surface area contributed by atoms with Crippen LogP contribution in [0, 0.1) is 0 Å². The van der Waals surface area contributed by atoms with E-state index in [1.54, 1.807) is 10.9 Å². The van der Waals surface area contributed by atoms with Crippen LogP contribution >= 0.6 is 0 Å². The number of nitrogens with two attached hydrogens (primary N) is 1. The molecule has 1 unspecified atom stereocenters. The Morgan fingerprint density at radius 3 is 2.87 bits per heavy atom. The summed E-state index contributed by atoms with van der Waals surface area (Å²) >= 11 is 0. The number of aromatic nitrogens is 2. The molecular weight excluding hydrogens is 194 g/mol. The fraction of sp³-hybridized carbons (Fsp3) is 0.600. The van der Waals surface area contributed by atoms with Gasteiger partial charge in [0.1, 0.15) is 6.04 Å². The van der Waals surface area contributed by atoms with Gasteiger partial charge in [0.15, 0.2) is 0 Å². The Labute approximate surface area is 87.9 Å². The van der Waals surface area contributed by atoms with Crippen LogP contribution in [0.1, 0.15) is 25.3 Å². The zero-order chi connectivity index (χ0) is 11.1. The van der Waals surface area contributed by atoms with Crippen LogP contribution in [0.4, 0.5) is 0 Å². The van der Waals surface area contributed by atoms with Crippen LogP contribution in [-0.2, 0) is 16.8 Å². The van der Waals surface area contributed by atoms with E-state index in [4.69, 9.17) is 10.8 Å². The van der Waals surface area contributed by atoms with Crippen LogP contribution in [-0.4, -0.2) is 26.9 Å². The second-order valence-corrected chi connectivity index (χ2v) is 4.06. The second kappa shape index (κ2) is 3.34. The van der Waals surface area contributed by atoms with E-state index in [9.17, 15) is 4.79 Å². The third kappa shape index (κ3) is 1.52. The maximum absolute atomic E-state index is 10.9. The smallest absolute Gasteiger partial charge is 0.321 e. The third-order valence-corrected chi connectivity index (χ3v) is 3.18. The molecule has 1 aromatic heterocycles. The van der Waals surface area contributed by atoms with Crippen molar-refractivity contribution in [1.82, 2.24) is 9.78 Å². The lowest BCUT2D eigenvalue weighted by molar-refractivity contribution is -0.139. The lowest BCUT2D eigenvalue weighted by Gasteiger charge is -2.17. The Morgan fingerprint density at radius 1 is 1.80 bits per heavy atom. The molecule has 0 radical (unpaired) electrons. The van der Waals surface area contributed by atoms with Crippen molar-refractivity contribution in [2.75, 3.05) is 0 Å². The van der Waals surface area contributed by atoms with Crippen LogP contribution in [0.2, 0.25) is 0 Å². The molecular formula is C10H15N3O2. The first-order valence-electron chi connectivity index (χ1n) is 5.11. The Kier molecular flexibility index (Phi) is 2.26. The molecule has 1 fully saturated rings. The van der Waals surface area contributed by atoms with Crippen LogP contribution in [0.5, 0.6) is 0 Å². The molecule has 0 spiro atoms. The number of hydrogen-bond donors (Lipinski definition) is 2. The molecule has 0 saturated heterocycles. The van der Waals surface area contributed by atoms with Crippen molar-refractivity contribution in [2.24, 2.45) is 5.73 Å². The number of aliphatic carboxylic acids is 1. The quantitative estimate of drug-likeness (QED) is 0.749. The molecule has 82 valence electrons. The first kappa shape index (κ1) is 10.2. The summed E-state index contributed by atoms with van der Waals surface area (Å²) in [4.78, 5) is 10.9. The van der Waals surface area contributed by atoms with Gasteiger partial charge in [0.05, 0.1) is 6.20 Å². The normalized spacial score (nSPS) is 19.9. The highest BCUT2D eigenvalue weighted by Crippen LogP contribution is 2.50. The molecule has 0 amide bonds. The molecule has 5 heteroatoms. The van der Waals surface area contributed by atoms with E-state index in [0.29, 0.717) is 0 Å². The average molecular weight is 209 g/mol. The van der Waals surface area contributed by atoms with Gasteiger partial charge in [-0.1, -0.05) is 0 Å². The molecule has 0 aromatic carbocycles. The van der Waals surface area contributed by atoms with E-state index >= 15 is 0 Å². The standard InChI is InChI=1S/C10H15N3O2/c1-2-13-6-7(5-12-13)10(3-4-10)8(11)9(14)15/h5-6,8H,2-4,11H2,1H3,(H,14,15). The topological polar surface area (TPSA) is 81.1 Å². The van der Waals surface area contributed by atoms with Crippen LogP contribution in [0.25, 0.3) is 0 Å². The fourth-order valence-electron chi connectivity index (χ4n) is 1.94. The van der Waals surface area contributed by atoms with E-state index in [-0.39, 0.29) is 5.41 Å². The highest BCUT2D eigenvalue weighted by molar-refractivity contribution is 5.76. The maximum atomic E-state index is 10.9. The van der Waals surface area contributed by atoms with Crippen molar-refractivity contribution >= 4 is 5.97 Å². The Bertz CT molecular complexity index is 382. The monoisotopic (exact) mass is 209 g/mol. The van der Waals surface area contributed by atoms with Crippen molar-refractivity contribution in [1.29, 1.82) is 0 Å². The molecule has 1 heterocycles. The molecule has 5 nitrogen and oxygen atoms in total. The van der Waals surface area contributed by atoms with Gasteiger partial charge in [-0.05, 0) is 25.3 Å².